The number of ether oxygens (including phenoxy) is 2. The van der Waals surface area contributed by atoms with Gasteiger partial charge in [-0.15, -0.1) is 0 Å². The van der Waals surface area contributed by atoms with Gasteiger partial charge in [0.15, 0.2) is 0 Å². The maximum atomic E-state index is 9.18. The maximum absolute atomic E-state index is 9.18. The molecule has 3 nitrogen and oxygen atoms in total. The van der Waals surface area contributed by atoms with Gasteiger partial charge >= 0.3 is 0 Å². The van der Waals surface area contributed by atoms with Crippen LogP contribution in [-0.2, 0) is 14.9 Å². The van der Waals surface area contributed by atoms with Crippen LogP contribution in [0.25, 0.3) is 11.6 Å². The van der Waals surface area contributed by atoms with E-state index in [-0.39, 0.29) is 5.41 Å². The molecule has 0 unspecified atom stereocenters. The van der Waals surface area contributed by atoms with Crippen molar-refractivity contribution in [3.8, 4) is 5.75 Å². The van der Waals surface area contributed by atoms with Crippen molar-refractivity contribution in [3.05, 3.63) is 64.7 Å². The molecule has 27 heavy (non-hydrogen) atoms. The minimum Gasteiger partial charge on any atom is -0.493 e. The van der Waals surface area contributed by atoms with Crippen LogP contribution in [0.5, 0.6) is 5.75 Å². The molecule has 0 saturated carbocycles. The van der Waals surface area contributed by atoms with Crippen molar-refractivity contribution in [1.82, 2.24) is 0 Å². The van der Waals surface area contributed by atoms with Crippen LogP contribution < -0.4 is 4.74 Å². The molecule has 0 amide bonds. The highest BCUT2D eigenvalue weighted by atomic mass is 16.5. The molecule has 1 heterocycles. The van der Waals surface area contributed by atoms with Gasteiger partial charge in [0.2, 0.25) is 0 Å². The van der Waals surface area contributed by atoms with Crippen LogP contribution in [0.1, 0.15) is 56.4 Å². The number of aryl methyl sites for hydroxylation is 1. The van der Waals surface area contributed by atoms with Gasteiger partial charge in [-0.05, 0) is 61.4 Å². The van der Waals surface area contributed by atoms with Gasteiger partial charge in [0.05, 0.1) is 13.2 Å². The molecule has 1 aliphatic rings. The molecule has 0 atom stereocenters. The standard InChI is InChI=1S/C21H24O.C3H6O2/c1-15-6-5-7-17(12-15)13-16(2)18-8-9-20-19(14-18)21(3,4)10-11-22-20;1-2-5-3-4/h5-9,12-14H,10-11H2,1-4H3;3H,2H2,1H3/b16-13+;. The Morgan fingerprint density at radius 1 is 1.22 bits per heavy atom. The number of fused-ring (bicyclic) bond motifs is 1. The largest absolute Gasteiger partial charge is 0.493 e. The van der Waals surface area contributed by atoms with Crippen molar-refractivity contribution >= 4 is 18.1 Å². The van der Waals surface area contributed by atoms with E-state index in [9.17, 15) is 4.79 Å². The summed E-state index contributed by atoms with van der Waals surface area (Å²) >= 11 is 0. The normalized spacial score (nSPS) is 14.9. The summed E-state index contributed by atoms with van der Waals surface area (Å²) < 4.78 is 9.96. The van der Waals surface area contributed by atoms with E-state index in [0.717, 1.165) is 18.8 Å². The summed E-state index contributed by atoms with van der Waals surface area (Å²) in [6.45, 7) is 12.4. The second-order valence-electron chi connectivity index (χ2n) is 7.49. The third-order valence-electron chi connectivity index (χ3n) is 4.81. The first-order valence-electron chi connectivity index (χ1n) is 9.45. The van der Waals surface area contributed by atoms with Crippen molar-refractivity contribution in [2.45, 2.75) is 46.5 Å². The lowest BCUT2D eigenvalue weighted by Crippen LogP contribution is -2.26. The zero-order chi connectivity index (χ0) is 19.9. The Hall–Kier alpha value is -2.55. The molecule has 0 radical (unpaired) electrons. The highest BCUT2D eigenvalue weighted by molar-refractivity contribution is 5.81. The number of hydrogen-bond donors (Lipinski definition) is 0. The maximum Gasteiger partial charge on any atom is 0.293 e. The molecule has 0 aliphatic carbocycles. The topological polar surface area (TPSA) is 35.5 Å². The van der Waals surface area contributed by atoms with Crippen LogP contribution in [0.3, 0.4) is 0 Å². The minimum atomic E-state index is 0.188. The Kier molecular flexibility index (Phi) is 7.23. The van der Waals surface area contributed by atoms with Crippen LogP contribution in [0.2, 0.25) is 0 Å². The van der Waals surface area contributed by atoms with Crippen LogP contribution in [0, 0.1) is 6.92 Å². The smallest absolute Gasteiger partial charge is 0.293 e. The molecule has 3 rings (SSSR count). The average molecular weight is 367 g/mol. The number of allylic oxidation sites excluding steroid dienone is 1. The summed E-state index contributed by atoms with van der Waals surface area (Å²) in [6, 6.07) is 15.2. The van der Waals surface area contributed by atoms with Gasteiger partial charge in [-0.25, -0.2) is 0 Å². The zero-order valence-electron chi connectivity index (χ0n) is 17.0. The zero-order valence-corrected chi connectivity index (χ0v) is 17.0. The first-order chi connectivity index (χ1) is 12.9. The third-order valence-corrected chi connectivity index (χ3v) is 4.81. The van der Waals surface area contributed by atoms with Crippen LogP contribution in [0.4, 0.5) is 0 Å². The lowest BCUT2D eigenvalue weighted by Gasteiger charge is -2.32. The van der Waals surface area contributed by atoms with Gasteiger partial charge in [-0.1, -0.05) is 55.8 Å². The van der Waals surface area contributed by atoms with Crippen molar-refractivity contribution < 1.29 is 14.3 Å². The van der Waals surface area contributed by atoms with Gasteiger partial charge < -0.3 is 9.47 Å². The Morgan fingerprint density at radius 3 is 2.63 bits per heavy atom. The fourth-order valence-electron chi connectivity index (χ4n) is 3.14. The van der Waals surface area contributed by atoms with Gasteiger partial charge in [-0.2, -0.15) is 0 Å². The lowest BCUT2D eigenvalue weighted by atomic mass is 9.79. The molecule has 0 fully saturated rings. The van der Waals surface area contributed by atoms with Crippen molar-refractivity contribution in [1.29, 1.82) is 0 Å². The number of hydrogen-bond acceptors (Lipinski definition) is 3. The van der Waals surface area contributed by atoms with E-state index < -0.39 is 0 Å². The minimum absolute atomic E-state index is 0.188. The Bertz CT molecular complexity index is 803. The number of carbonyl (C=O) groups is 1. The summed E-state index contributed by atoms with van der Waals surface area (Å²) in [6.07, 6.45) is 3.33. The van der Waals surface area contributed by atoms with E-state index in [1.54, 1.807) is 6.92 Å². The van der Waals surface area contributed by atoms with Crippen LogP contribution in [0.15, 0.2) is 42.5 Å². The Labute approximate surface area is 163 Å². The number of benzene rings is 2. The highest BCUT2D eigenvalue weighted by Gasteiger charge is 2.28. The van der Waals surface area contributed by atoms with Crippen molar-refractivity contribution in [3.63, 3.8) is 0 Å². The molecule has 2 aromatic rings. The molecule has 3 heteroatoms. The van der Waals surface area contributed by atoms with Crippen LogP contribution in [-0.4, -0.2) is 19.7 Å². The molecule has 0 bridgehead atoms. The number of carbonyl (C=O) groups excluding carboxylic acids is 1. The van der Waals surface area contributed by atoms with Crippen LogP contribution >= 0.6 is 0 Å². The predicted molar refractivity (Wildman–Crippen MR) is 112 cm³/mol. The summed E-state index contributed by atoms with van der Waals surface area (Å²) in [4.78, 5) is 9.18. The van der Waals surface area contributed by atoms with Gasteiger partial charge in [0, 0.05) is 5.56 Å². The Balaban J connectivity index is 0.000000465. The van der Waals surface area contributed by atoms with E-state index >= 15 is 0 Å². The average Bonchev–Trinajstić information content (AvgIpc) is 2.62. The molecule has 0 N–H and O–H groups in total. The summed E-state index contributed by atoms with van der Waals surface area (Å²) in [7, 11) is 0. The van der Waals surface area contributed by atoms with Gasteiger partial charge in [0.25, 0.3) is 6.47 Å². The summed E-state index contributed by atoms with van der Waals surface area (Å²) in [5.74, 6) is 1.04. The SMILES string of the molecule is C/C(=C\c1cccc(C)c1)c1ccc2c(c1)C(C)(C)CCO2.CCOC=O. The van der Waals surface area contributed by atoms with Crippen molar-refractivity contribution in [2.75, 3.05) is 13.2 Å². The second kappa shape index (κ2) is 9.40. The quantitative estimate of drug-likeness (QED) is 0.507. The first-order valence-corrected chi connectivity index (χ1v) is 9.45. The molecule has 0 spiro atoms. The third kappa shape index (κ3) is 5.72. The van der Waals surface area contributed by atoms with E-state index in [1.165, 1.54) is 27.8 Å². The molecule has 0 saturated heterocycles. The van der Waals surface area contributed by atoms with E-state index in [4.69, 9.17) is 4.74 Å². The fourth-order valence-corrected chi connectivity index (χ4v) is 3.14. The lowest BCUT2D eigenvalue weighted by molar-refractivity contribution is -0.128. The monoisotopic (exact) mass is 366 g/mol. The first kappa shape index (κ1) is 20.8. The Morgan fingerprint density at radius 2 is 2.00 bits per heavy atom. The van der Waals surface area contributed by atoms with Gasteiger partial charge in [-0.3, -0.25) is 4.79 Å². The van der Waals surface area contributed by atoms with E-state index in [2.05, 4.69) is 81.0 Å². The molecule has 144 valence electrons. The van der Waals surface area contributed by atoms with Crippen molar-refractivity contribution in [2.24, 2.45) is 0 Å². The fraction of sp³-hybridized carbons (Fsp3) is 0.375. The second-order valence-corrected chi connectivity index (χ2v) is 7.49. The predicted octanol–water partition coefficient (Wildman–Crippen LogP) is 5.79. The molecule has 2 aromatic carbocycles. The number of rotatable bonds is 4. The molecule has 0 aromatic heterocycles. The highest BCUT2D eigenvalue weighted by Crippen LogP contribution is 2.39. The molecule has 1 aliphatic heterocycles. The molecular formula is C24H30O3. The van der Waals surface area contributed by atoms with E-state index in [1.807, 2.05) is 0 Å². The van der Waals surface area contributed by atoms with E-state index in [0.29, 0.717) is 13.1 Å². The summed E-state index contributed by atoms with van der Waals surface area (Å²) in [5, 5.41) is 0. The molecular weight excluding hydrogens is 336 g/mol. The summed E-state index contributed by atoms with van der Waals surface area (Å²) in [5.41, 5.74) is 6.63. The van der Waals surface area contributed by atoms with Gasteiger partial charge in [0.1, 0.15) is 5.75 Å².